The molecule has 14 heavy (non-hydrogen) atoms. The minimum absolute atomic E-state index is 0.186. The number of amides is 1. The maximum Gasteiger partial charge on any atom is 0.232 e. The first-order valence-electron chi connectivity index (χ1n) is 5.59. The van der Waals surface area contributed by atoms with Crippen molar-refractivity contribution < 1.29 is 4.79 Å². The van der Waals surface area contributed by atoms with E-state index >= 15 is 0 Å². The molecule has 3 saturated carbocycles. The van der Waals surface area contributed by atoms with Gasteiger partial charge < -0.3 is 4.90 Å². The van der Waals surface area contributed by atoms with Crippen LogP contribution in [0, 0.1) is 11.8 Å². The fourth-order valence-electron chi connectivity index (χ4n) is 3.11. The Morgan fingerprint density at radius 1 is 1.36 bits per heavy atom. The Kier molecular flexibility index (Phi) is 3.05. The van der Waals surface area contributed by atoms with Gasteiger partial charge in [-0.1, -0.05) is 12.8 Å². The van der Waals surface area contributed by atoms with Crippen LogP contribution in [0.2, 0.25) is 0 Å². The van der Waals surface area contributed by atoms with Crippen molar-refractivity contribution in [2.45, 2.75) is 38.1 Å². The lowest BCUT2D eigenvalue weighted by molar-refractivity contribution is -0.132. The summed E-state index contributed by atoms with van der Waals surface area (Å²) in [5.41, 5.74) is 0. The van der Waals surface area contributed by atoms with Gasteiger partial charge in [0.2, 0.25) is 5.91 Å². The van der Waals surface area contributed by atoms with Gasteiger partial charge >= 0.3 is 0 Å². The van der Waals surface area contributed by atoms with Crippen molar-refractivity contribution in [3.8, 4) is 0 Å². The summed E-state index contributed by atoms with van der Waals surface area (Å²) in [7, 11) is 1.95. The van der Waals surface area contributed by atoms with Crippen LogP contribution in [0.4, 0.5) is 0 Å². The fraction of sp³-hybridized carbons (Fsp3) is 0.909. The second-order valence-electron chi connectivity index (χ2n) is 4.75. The molecule has 1 unspecified atom stereocenters. The minimum Gasteiger partial charge on any atom is -0.342 e. The SMILES string of the molecule is CN(C(=O)CS)C1CC2CCC1CC2. The Balaban J connectivity index is 2.01. The van der Waals surface area contributed by atoms with E-state index in [1.807, 2.05) is 11.9 Å². The molecule has 2 nitrogen and oxygen atoms in total. The Labute approximate surface area is 91.5 Å². The van der Waals surface area contributed by atoms with Crippen LogP contribution < -0.4 is 0 Å². The molecule has 0 aliphatic heterocycles. The quantitative estimate of drug-likeness (QED) is 0.695. The summed E-state index contributed by atoms with van der Waals surface area (Å²) in [5.74, 6) is 2.20. The van der Waals surface area contributed by atoms with Crippen molar-refractivity contribution in [2.75, 3.05) is 12.8 Å². The third kappa shape index (κ3) is 1.79. The highest BCUT2D eigenvalue weighted by molar-refractivity contribution is 7.81. The van der Waals surface area contributed by atoms with Crippen LogP contribution in [0.1, 0.15) is 32.1 Å². The zero-order valence-corrected chi connectivity index (χ0v) is 9.67. The number of carbonyl (C=O) groups is 1. The number of hydrogen-bond acceptors (Lipinski definition) is 2. The van der Waals surface area contributed by atoms with E-state index in [0.717, 1.165) is 11.8 Å². The molecule has 1 amide bonds. The molecule has 0 aromatic carbocycles. The molecule has 0 heterocycles. The first kappa shape index (κ1) is 10.3. The van der Waals surface area contributed by atoms with E-state index in [-0.39, 0.29) is 5.91 Å². The average molecular weight is 213 g/mol. The molecular formula is C11H19NOS. The predicted octanol–water partition coefficient (Wildman–Crippen LogP) is 1.95. The summed E-state index contributed by atoms with van der Waals surface area (Å²) < 4.78 is 0. The van der Waals surface area contributed by atoms with Gasteiger partial charge in [-0.2, -0.15) is 12.6 Å². The molecule has 2 bridgehead atoms. The van der Waals surface area contributed by atoms with Gasteiger partial charge in [-0.05, 0) is 31.1 Å². The lowest BCUT2D eigenvalue weighted by Gasteiger charge is -2.46. The van der Waals surface area contributed by atoms with Crippen LogP contribution in [0.5, 0.6) is 0 Å². The molecule has 3 fully saturated rings. The molecule has 3 aliphatic rings. The van der Waals surface area contributed by atoms with E-state index in [1.165, 1.54) is 32.1 Å². The molecular weight excluding hydrogens is 194 g/mol. The molecule has 0 radical (unpaired) electrons. The van der Waals surface area contributed by atoms with Gasteiger partial charge in [-0.15, -0.1) is 0 Å². The highest BCUT2D eigenvalue weighted by Gasteiger charge is 2.38. The number of nitrogens with zero attached hydrogens (tertiary/aromatic N) is 1. The van der Waals surface area contributed by atoms with E-state index in [0.29, 0.717) is 11.8 Å². The molecule has 1 atom stereocenters. The maximum atomic E-state index is 11.5. The second kappa shape index (κ2) is 4.13. The Morgan fingerprint density at radius 2 is 2.00 bits per heavy atom. The highest BCUT2D eigenvalue weighted by Crippen LogP contribution is 2.43. The number of carbonyl (C=O) groups excluding carboxylic acids is 1. The second-order valence-corrected chi connectivity index (χ2v) is 5.06. The van der Waals surface area contributed by atoms with Gasteiger partial charge in [-0.25, -0.2) is 0 Å². The van der Waals surface area contributed by atoms with Gasteiger partial charge in [0.25, 0.3) is 0 Å². The number of rotatable bonds is 2. The lowest BCUT2D eigenvalue weighted by atomic mass is 9.67. The first-order chi connectivity index (χ1) is 6.72. The molecule has 3 heteroatoms. The molecule has 0 aromatic heterocycles. The van der Waals surface area contributed by atoms with Gasteiger partial charge in [0.05, 0.1) is 5.75 Å². The number of fused-ring (bicyclic) bond motifs is 3. The van der Waals surface area contributed by atoms with Crippen LogP contribution in [-0.4, -0.2) is 29.6 Å². The van der Waals surface area contributed by atoms with Crippen molar-refractivity contribution >= 4 is 18.5 Å². The third-order valence-electron chi connectivity index (χ3n) is 4.04. The van der Waals surface area contributed by atoms with Gasteiger partial charge in [0.1, 0.15) is 0 Å². The molecule has 3 rings (SSSR count). The van der Waals surface area contributed by atoms with Gasteiger partial charge in [-0.3, -0.25) is 4.79 Å². The summed E-state index contributed by atoms with van der Waals surface area (Å²) in [6.07, 6.45) is 6.69. The third-order valence-corrected chi connectivity index (χ3v) is 4.31. The van der Waals surface area contributed by atoms with Gasteiger partial charge in [0.15, 0.2) is 0 Å². The number of thiol groups is 1. The standard InChI is InChI=1S/C11H19NOS/c1-12(11(13)7-14)10-6-8-2-4-9(10)5-3-8/h8-10,14H,2-7H2,1H3. The van der Waals surface area contributed by atoms with Crippen LogP contribution in [0.15, 0.2) is 0 Å². The van der Waals surface area contributed by atoms with Gasteiger partial charge in [0, 0.05) is 13.1 Å². The van der Waals surface area contributed by atoms with E-state index in [9.17, 15) is 4.79 Å². The van der Waals surface area contributed by atoms with Crippen LogP contribution in [0.3, 0.4) is 0 Å². The summed E-state index contributed by atoms with van der Waals surface area (Å²) >= 11 is 4.05. The Bertz CT molecular complexity index is 223. The smallest absolute Gasteiger partial charge is 0.232 e. The van der Waals surface area contributed by atoms with E-state index < -0.39 is 0 Å². The topological polar surface area (TPSA) is 20.3 Å². The summed E-state index contributed by atoms with van der Waals surface area (Å²) in [6, 6.07) is 0.516. The zero-order valence-electron chi connectivity index (χ0n) is 8.78. The summed E-state index contributed by atoms with van der Waals surface area (Å²) in [5, 5.41) is 0. The van der Waals surface area contributed by atoms with Crippen LogP contribution in [0.25, 0.3) is 0 Å². The fourth-order valence-corrected chi connectivity index (χ4v) is 3.34. The zero-order chi connectivity index (χ0) is 10.1. The van der Waals surface area contributed by atoms with Crippen LogP contribution in [-0.2, 0) is 4.79 Å². The van der Waals surface area contributed by atoms with Crippen molar-refractivity contribution in [3.63, 3.8) is 0 Å². The predicted molar refractivity (Wildman–Crippen MR) is 60.5 cm³/mol. The van der Waals surface area contributed by atoms with E-state index in [2.05, 4.69) is 12.6 Å². The van der Waals surface area contributed by atoms with Crippen molar-refractivity contribution in [1.82, 2.24) is 4.90 Å². The summed E-state index contributed by atoms with van der Waals surface area (Å²) in [6.45, 7) is 0. The van der Waals surface area contributed by atoms with E-state index in [4.69, 9.17) is 0 Å². The monoisotopic (exact) mass is 213 g/mol. The molecule has 80 valence electrons. The molecule has 0 spiro atoms. The average Bonchev–Trinajstić information content (AvgIpc) is 2.28. The van der Waals surface area contributed by atoms with Crippen molar-refractivity contribution in [3.05, 3.63) is 0 Å². The molecule has 0 N–H and O–H groups in total. The largest absolute Gasteiger partial charge is 0.342 e. The lowest BCUT2D eigenvalue weighted by Crippen LogP contribution is -2.48. The van der Waals surface area contributed by atoms with Crippen molar-refractivity contribution in [1.29, 1.82) is 0 Å². The molecule has 0 aromatic rings. The van der Waals surface area contributed by atoms with E-state index in [1.54, 1.807) is 0 Å². The minimum atomic E-state index is 0.186. The normalized spacial score (nSPS) is 35.7. The highest BCUT2D eigenvalue weighted by atomic mass is 32.1. The number of hydrogen-bond donors (Lipinski definition) is 1. The maximum absolute atomic E-state index is 11.5. The molecule has 0 saturated heterocycles. The van der Waals surface area contributed by atoms with Crippen molar-refractivity contribution in [2.24, 2.45) is 11.8 Å². The van der Waals surface area contributed by atoms with Crippen LogP contribution >= 0.6 is 12.6 Å². The first-order valence-corrected chi connectivity index (χ1v) is 6.22. The Hall–Kier alpha value is -0.180. The summed E-state index contributed by atoms with van der Waals surface area (Å²) in [4.78, 5) is 13.5. The Morgan fingerprint density at radius 3 is 2.43 bits per heavy atom. The molecule has 3 aliphatic carbocycles.